The van der Waals surface area contributed by atoms with Gasteiger partial charge in [0.1, 0.15) is 0 Å². The van der Waals surface area contributed by atoms with Crippen LogP contribution in [0.3, 0.4) is 0 Å². The molecule has 6 nitrogen and oxygen atoms in total. The molecule has 0 atom stereocenters. The standard InChI is InChI=1S/C14H14N2O4/c1-14(2,13(18)19)9-3-5-10(6-4-9)16-12(17)11-7-8-15-20-11/h3-8H,1-2H3,(H,16,17)(H,18,19). The number of carboxylic acids is 1. The number of hydrogen-bond acceptors (Lipinski definition) is 4. The van der Waals surface area contributed by atoms with Crippen molar-refractivity contribution in [3.05, 3.63) is 47.9 Å². The van der Waals surface area contributed by atoms with Gasteiger partial charge in [0.2, 0.25) is 5.76 Å². The van der Waals surface area contributed by atoms with Gasteiger partial charge in [0.25, 0.3) is 5.91 Å². The number of carbonyl (C=O) groups excluding carboxylic acids is 1. The molecule has 0 unspecified atom stereocenters. The zero-order valence-electron chi connectivity index (χ0n) is 11.1. The van der Waals surface area contributed by atoms with Crippen LogP contribution >= 0.6 is 0 Å². The minimum Gasteiger partial charge on any atom is -0.481 e. The summed E-state index contributed by atoms with van der Waals surface area (Å²) in [7, 11) is 0. The SMILES string of the molecule is CC(C)(C(=O)O)c1ccc(NC(=O)c2ccno2)cc1. The second-order valence-electron chi connectivity index (χ2n) is 4.84. The number of carbonyl (C=O) groups is 2. The molecule has 0 saturated heterocycles. The van der Waals surface area contributed by atoms with Crippen molar-refractivity contribution in [3.63, 3.8) is 0 Å². The minimum atomic E-state index is -0.979. The van der Waals surface area contributed by atoms with E-state index in [2.05, 4.69) is 10.5 Å². The first-order valence-electron chi connectivity index (χ1n) is 5.97. The van der Waals surface area contributed by atoms with Gasteiger partial charge in [0.15, 0.2) is 0 Å². The number of hydrogen-bond donors (Lipinski definition) is 2. The average molecular weight is 274 g/mol. The highest BCUT2D eigenvalue weighted by Crippen LogP contribution is 2.24. The van der Waals surface area contributed by atoms with Crippen LogP contribution in [0.2, 0.25) is 0 Å². The topological polar surface area (TPSA) is 92.4 Å². The van der Waals surface area contributed by atoms with E-state index in [1.165, 1.54) is 12.3 Å². The summed E-state index contributed by atoms with van der Waals surface area (Å²) >= 11 is 0. The number of amides is 1. The molecule has 0 aliphatic carbocycles. The first kappa shape index (κ1) is 13.8. The van der Waals surface area contributed by atoms with Gasteiger partial charge in [-0.3, -0.25) is 9.59 Å². The molecule has 2 aromatic rings. The Hall–Kier alpha value is -2.63. The fraction of sp³-hybridized carbons (Fsp3) is 0.214. The summed E-state index contributed by atoms with van der Waals surface area (Å²) in [5, 5.41) is 15.2. The van der Waals surface area contributed by atoms with Gasteiger partial charge in [-0.1, -0.05) is 17.3 Å². The highest BCUT2D eigenvalue weighted by molar-refractivity contribution is 6.02. The molecule has 0 spiro atoms. The quantitative estimate of drug-likeness (QED) is 0.892. The number of benzene rings is 1. The predicted molar refractivity (Wildman–Crippen MR) is 71.6 cm³/mol. The molecule has 1 amide bonds. The van der Waals surface area contributed by atoms with E-state index < -0.39 is 17.3 Å². The van der Waals surface area contributed by atoms with Crippen LogP contribution < -0.4 is 5.32 Å². The number of aliphatic carboxylic acids is 1. The number of aromatic nitrogens is 1. The summed E-state index contributed by atoms with van der Waals surface area (Å²) in [5.74, 6) is -1.20. The maximum Gasteiger partial charge on any atom is 0.313 e. The van der Waals surface area contributed by atoms with Crippen LogP contribution in [0.1, 0.15) is 30.0 Å². The molecular formula is C14H14N2O4. The average Bonchev–Trinajstić information content (AvgIpc) is 2.93. The monoisotopic (exact) mass is 274 g/mol. The second-order valence-corrected chi connectivity index (χ2v) is 4.84. The van der Waals surface area contributed by atoms with Crippen LogP contribution in [-0.4, -0.2) is 22.1 Å². The summed E-state index contributed by atoms with van der Waals surface area (Å²) in [4.78, 5) is 22.9. The van der Waals surface area contributed by atoms with Gasteiger partial charge in [-0.2, -0.15) is 0 Å². The molecule has 6 heteroatoms. The minimum absolute atomic E-state index is 0.111. The van der Waals surface area contributed by atoms with Crippen molar-refractivity contribution < 1.29 is 19.2 Å². The van der Waals surface area contributed by atoms with E-state index in [0.717, 1.165) is 0 Å². The highest BCUT2D eigenvalue weighted by atomic mass is 16.5. The number of carboxylic acid groups (broad SMARTS) is 1. The van der Waals surface area contributed by atoms with Crippen molar-refractivity contribution in [1.82, 2.24) is 5.16 Å². The van der Waals surface area contributed by atoms with E-state index in [-0.39, 0.29) is 5.76 Å². The molecule has 0 fully saturated rings. The van der Waals surface area contributed by atoms with Gasteiger partial charge in [-0.05, 0) is 31.5 Å². The van der Waals surface area contributed by atoms with E-state index >= 15 is 0 Å². The van der Waals surface area contributed by atoms with E-state index in [9.17, 15) is 9.59 Å². The number of rotatable bonds is 4. The molecule has 1 aromatic heterocycles. The molecule has 104 valence electrons. The number of anilines is 1. The van der Waals surface area contributed by atoms with Crippen LogP contribution in [-0.2, 0) is 10.2 Å². The maximum atomic E-state index is 11.7. The Kier molecular flexibility index (Phi) is 3.56. The third kappa shape index (κ3) is 2.69. The molecule has 1 aromatic carbocycles. The Morgan fingerprint density at radius 3 is 2.35 bits per heavy atom. The van der Waals surface area contributed by atoms with Crippen LogP contribution in [0, 0.1) is 0 Å². The Morgan fingerprint density at radius 1 is 1.20 bits per heavy atom. The first-order valence-corrected chi connectivity index (χ1v) is 5.97. The third-order valence-electron chi connectivity index (χ3n) is 3.06. The molecule has 0 saturated carbocycles. The lowest BCUT2D eigenvalue weighted by Crippen LogP contribution is -2.28. The lowest BCUT2D eigenvalue weighted by molar-refractivity contribution is -0.142. The van der Waals surface area contributed by atoms with E-state index in [4.69, 9.17) is 9.63 Å². The lowest BCUT2D eigenvalue weighted by Gasteiger charge is -2.19. The van der Waals surface area contributed by atoms with Gasteiger partial charge in [-0.15, -0.1) is 0 Å². The van der Waals surface area contributed by atoms with Crippen molar-refractivity contribution in [2.24, 2.45) is 0 Å². The Labute approximate surface area is 115 Å². The maximum absolute atomic E-state index is 11.7. The largest absolute Gasteiger partial charge is 0.481 e. The fourth-order valence-corrected chi connectivity index (χ4v) is 1.62. The fourth-order valence-electron chi connectivity index (χ4n) is 1.62. The molecule has 0 radical (unpaired) electrons. The lowest BCUT2D eigenvalue weighted by atomic mass is 9.85. The van der Waals surface area contributed by atoms with E-state index in [0.29, 0.717) is 11.3 Å². The second kappa shape index (κ2) is 5.16. The zero-order chi connectivity index (χ0) is 14.8. The van der Waals surface area contributed by atoms with Crippen LogP contribution in [0.15, 0.2) is 41.1 Å². The van der Waals surface area contributed by atoms with Gasteiger partial charge in [-0.25, -0.2) is 0 Å². The van der Waals surface area contributed by atoms with E-state index in [1.54, 1.807) is 38.1 Å². The molecule has 2 N–H and O–H groups in total. The van der Waals surface area contributed by atoms with Gasteiger partial charge in [0.05, 0.1) is 11.6 Å². The molecule has 0 bridgehead atoms. The van der Waals surface area contributed by atoms with Crippen molar-refractivity contribution in [3.8, 4) is 0 Å². The van der Waals surface area contributed by atoms with Crippen molar-refractivity contribution in [1.29, 1.82) is 0 Å². The van der Waals surface area contributed by atoms with Crippen LogP contribution in [0.4, 0.5) is 5.69 Å². The summed E-state index contributed by atoms with van der Waals surface area (Å²) in [6.07, 6.45) is 1.38. The normalized spacial score (nSPS) is 11.1. The Morgan fingerprint density at radius 2 is 1.85 bits per heavy atom. The smallest absolute Gasteiger partial charge is 0.313 e. The van der Waals surface area contributed by atoms with Crippen molar-refractivity contribution in [2.45, 2.75) is 19.3 Å². The Balaban J connectivity index is 2.13. The van der Waals surface area contributed by atoms with Gasteiger partial charge in [0, 0.05) is 11.8 Å². The van der Waals surface area contributed by atoms with Crippen molar-refractivity contribution >= 4 is 17.6 Å². The number of nitrogens with one attached hydrogen (secondary N) is 1. The Bertz CT molecular complexity index is 615. The van der Waals surface area contributed by atoms with Crippen LogP contribution in [0.25, 0.3) is 0 Å². The zero-order valence-corrected chi connectivity index (χ0v) is 11.1. The molecular weight excluding hydrogens is 260 g/mol. The highest BCUT2D eigenvalue weighted by Gasteiger charge is 2.29. The summed E-state index contributed by atoms with van der Waals surface area (Å²) in [5.41, 5.74) is 0.229. The van der Waals surface area contributed by atoms with Gasteiger partial charge < -0.3 is 14.9 Å². The van der Waals surface area contributed by atoms with E-state index in [1.807, 2.05) is 0 Å². The third-order valence-corrected chi connectivity index (χ3v) is 3.06. The predicted octanol–water partition coefficient (Wildman–Crippen LogP) is 2.29. The summed E-state index contributed by atoms with van der Waals surface area (Å²) < 4.78 is 4.74. The molecule has 20 heavy (non-hydrogen) atoms. The van der Waals surface area contributed by atoms with Gasteiger partial charge >= 0.3 is 5.97 Å². The van der Waals surface area contributed by atoms with Crippen molar-refractivity contribution in [2.75, 3.05) is 5.32 Å². The molecule has 0 aliphatic rings. The molecule has 0 aliphatic heterocycles. The summed E-state index contributed by atoms with van der Waals surface area (Å²) in [6, 6.07) is 8.09. The number of nitrogens with zero attached hydrogens (tertiary/aromatic N) is 1. The molecule has 1 heterocycles. The molecule has 2 rings (SSSR count). The van der Waals surface area contributed by atoms with Crippen LogP contribution in [0.5, 0.6) is 0 Å². The summed E-state index contributed by atoms with van der Waals surface area (Å²) in [6.45, 7) is 3.24. The first-order chi connectivity index (χ1) is 9.41.